The fraction of sp³-hybridized carbons (Fsp3) is 0.654. The van der Waals surface area contributed by atoms with Gasteiger partial charge in [-0.05, 0) is 57.1 Å². The first-order valence-corrected chi connectivity index (χ1v) is 12.2. The van der Waals surface area contributed by atoms with Gasteiger partial charge in [-0.2, -0.15) is 0 Å². The Hall–Kier alpha value is -2.21. The minimum atomic E-state index is -1.14. The van der Waals surface area contributed by atoms with Crippen LogP contribution in [0.25, 0.3) is 6.08 Å². The van der Waals surface area contributed by atoms with Crippen molar-refractivity contribution in [2.75, 3.05) is 54.2 Å². The average molecular weight is 515 g/mol. The smallest absolute Gasteiger partial charge is 0.340 e. The molecule has 36 heavy (non-hydrogen) atoms. The van der Waals surface area contributed by atoms with Gasteiger partial charge in [0.2, 0.25) is 0 Å². The SMILES string of the molecule is COCCOCOc1cc(/C=C/CCC[C@@H](O)CCC[C@H](C)O)c(C(=O)O)c(OCOCCOC)c1. The molecule has 1 rings (SSSR count). The number of aromatic carboxylic acids is 1. The predicted octanol–water partition coefficient (Wildman–Crippen LogP) is 3.48. The van der Waals surface area contributed by atoms with E-state index in [4.69, 9.17) is 28.4 Å². The topological polar surface area (TPSA) is 133 Å². The molecule has 0 unspecified atom stereocenters. The first-order valence-electron chi connectivity index (χ1n) is 12.2. The first-order chi connectivity index (χ1) is 17.4. The number of hydrogen-bond acceptors (Lipinski definition) is 9. The van der Waals surface area contributed by atoms with Crippen molar-refractivity contribution in [3.8, 4) is 11.5 Å². The summed E-state index contributed by atoms with van der Waals surface area (Å²) in [5, 5.41) is 29.2. The zero-order valence-corrected chi connectivity index (χ0v) is 21.6. The number of benzene rings is 1. The van der Waals surface area contributed by atoms with E-state index >= 15 is 0 Å². The van der Waals surface area contributed by atoms with Crippen LogP contribution in [0.4, 0.5) is 0 Å². The second-order valence-electron chi connectivity index (χ2n) is 8.28. The lowest BCUT2D eigenvalue weighted by Gasteiger charge is -2.15. The number of methoxy groups -OCH3 is 2. The number of carboxylic acid groups (broad SMARTS) is 1. The van der Waals surface area contributed by atoms with Crippen LogP contribution in [-0.2, 0) is 18.9 Å². The molecular formula is C26H42O10. The fourth-order valence-electron chi connectivity index (χ4n) is 3.26. The molecule has 0 saturated carbocycles. The maximum atomic E-state index is 12.0. The van der Waals surface area contributed by atoms with Crippen molar-refractivity contribution in [2.24, 2.45) is 0 Å². The number of hydrogen-bond donors (Lipinski definition) is 3. The molecule has 0 aliphatic rings. The second-order valence-corrected chi connectivity index (χ2v) is 8.28. The summed E-state index contributed by atoms with van der Waals surface area (Å²) >= 11 is 0. The van der Waals surface area contributed by atoms with Crippen molar-refractivity contribution < 1.29 is 48.5 Å². The highest BCUT2D eigenvalue weighted by Gasteiger charge is 2.18. The average Bonchev–Trinajstić information content (AvgIpc) is 2.83. The minimum absolute atomic E-state index is 0.00704. The highest BCUT2D eigenvalue weighted by molar-refractivity contribution is 5.95. The molecule has 0 saturated heterocycles. The summed E-state index contributed by atoms with van der Waals surface area (Å²) in [5.41, 5.74) is 0.411. The Labute approximate surface area is 213 Å². The third-order valence-electron chi connectivity index (χ3n) is 5.16. The number of allylic oxidation sites excluding steroid dienone is 1. The van der Waals surface area contributed by atoms with Crippen LogP contribution in [0.2, 0.25) is 0 Å². The summed E-state index contributed by atoms with van der Waals surface area (Å²) in [5.74, 6) is -0.641. The van der Waals surface area contributed by atoms with Crippen LogP contribution in [0.3, 0.4) is 0 Å². The molecule has 0 aromatic heterocycles. The summed E-state index contributed by atoms with van der Waals surface area (Å²) in [4.78, 5) is 12.0. The van der Waals surface area contributed by atoms with E-state index in [9.17, 15) is 20.1 Å². The second kappa shape index (κ2) is 19.9. The standard InChI is InChI=1S/C26H42O10/c1-20(27)8-7-11-22(28)10-6-4-5-9-21-16-23(35-18-33-14-12-31-2)17-24(25(21)26(29)30)36-19-34-15-13-32-3/h5,9,16-17,20,22,27-28H,4,6-8,10-15,18-19H2,1-3H3,(H,29,30)/b9-5+/t20-,22+/m0/s1. The van der Waals surface area contributed by atoms with Gasteiger partial charge in [0.25, 0.3) is 0 Å². The normalized spacial score (nSPS) is 13.1. The molecule has 10 heteroatoms. The number of carboxylic acids is 1. The van der Waals surface area contributed by atoms with Crippen LogP contribution in [0, 0.1) is 0 Å². The van der Waals surface area contributed by atoms with Crippen LogP contribution in [0.5, 0.6) is 11.5 Å². The molecule has 0 radical (unpaired) electrons. The van der Waals surface area contributed by atoms with Gasteiger partial charge in [-0.1, -0.05) is 12.2 Å². The Morgan fingerprint density at radius 2 is 1.56 bits per heavy atom. The lowest BCUT2D eigenvalue weighted by atomic mass is 10.0. The van der Waals surface area contributed by atoms with Crippen molar-refractivity contribution in [1.82, 2.24) is 0 Å². The molecular weight excluding hydrogens is 472 g/mol. The number of ether oxygens (including phenoxy) is 6. The van der Waals surface area contributed by atoms with E-state index in [1.165, 1.54) is 6.07 Å². The van der Waals surface area contributed by atoms with Crippen molar-refractivity contribution in [3.63, 3.8) is 0 Å². The van der Waals surface area contributed by atoms with Gasteiger partial charge in [0, 0.05) is 20.3 Å². The van der Waals surface area contributed by atoms with E-state index in [0.717, 1.165) is 12.8 Å². The van der Waals surface area contributed by atoms with E-state index in [-0.39, 0.29) is 31.0 Å². The Balaban J connectivity index is 2.84. The van der Waals surface area contributed by atoms with Gasteiger partial charge in [-0.25, -0.2) is 4.79 Å². The van der Waals surface area contributed by atoms with E-state index in [2.05, 4.69) is 0 Å². The first kappa shape index (κ1) is 31.8. The number of unbranched alkanes of at least 4 members (excludes halogenated alkanes) is 1. The predicted molar refractivity (Wildman–Crippen MR) is 134 cm³/mol. The molecule has 2 atom stereocenters. The molecule has 0 amide bonds. The Morgan fingerprint density at radius 1 is 0.917 bits per heavy atom. The minimum Gasteiger partial charge on any atom is -0.478 e. The van der Waals surface area contributed by atoms with E-state index in [0.29, 0.717) is 63.4 Å². The Kier molecular flexibility index (Phi) is 17.6. The molecule has 0 heterocycles. The molecule has 0 aliphatic heterocycles. The number of aliphatic hydroxyl groups is 2. The molecule has 0 fully saturated rings. The molecule has 0 aliphatic carbocycles. The molecule has 3 N–H and O–H groups in total. The van der Waals surface area contributed by atoms with Crippen molar-refractivity contribution in [2.45, 2.75) is 57.7 Å². The quantitative estimate of drug-likeness (QED) is 0.156. The van der Waals surface area contributed by atoms with Crippen molar-refractivity contribution in [1.29, 1.82) is 0 Å². The molecule has 1 aromatic carbocycles. The summed E-state index contributed by atoms with van der Waals surface area (Å²) in [6, 6.07) is 3.10. The summed E-state index contributed by atoms with van der Waals surface area (Å²) in [7, 11) is 3.13. The van der Waals surface area contributed by atoms with Gasteiger partial charge >= 0.3 is 5.97 Å². The van der Waals surface area contributed by atoms with Crippen LogP contribution >= 0.6 is 0 Å². The van der Waals surface area contributed by atoms with Gasteiger partial charge in [0.1, 0.15) is 17.1 Å². The van der Waals surface area contributed by atoms with Gasteiger partial charge in [0.05, 0.1) is 38.6 Å². The summed E-state index contributed by atoms with van der Waals surface area (Å²) < 4.78 is 31.7. The Morgan fingerprint density at radius 3 is 2.17 bits per heavy atom. The third kappa shape index (κ3) is 14.4. The van der Waals surface area contributed by atoms with Gasteiger partial charge in [-0.15, -0.1) is 0 Å². The van der Waals surface area contributed by atoms with Crippen LogP contribution in [0.1, 0.15) is 61.4 Å². The zero-order valence-electron chi connectivity index (χ0n) is 21.6. The maximum Gasteiger partial charge on any atom is 0.340 e. The third-order valence-corrected chi connectivity index (χ3v) is 5.16. The van der Waals surface area contributed by atoms with Gasteiger partial charge in [0.15, 0.2) is 13.6 Å². The van der Waals surface area contributed by atoms with E-state index < -0.39 is 12.1 Å². The maximum absolute atomic E-state index is 12.0. The Bertz CT molecular complexity index is 750. The largest absolute Gasteiger partial charge is 0.478 e. The lowest BCUT2D eigenvalue weighted by Crippen LogP contribution is -2.12. The van der Waals surface area contributed by atoms with E-state index in [1.54, 1.807) is 33.3 Å². The van der Waals surface area contributed by atoms with Crippen molar-refractivity contribution >= 4 is 12.0 Å². The summed E-state index contributed by atoms with van der Waals surface area (Å²) in [6.45, 7) is 3.04. The van der Waals surface area contributed by atoms with Crippen LogP contribution in [0.15, 0.2) is 18.2 Å². The summed E-state index contributed by atoms with van der Waals surface area (Å²) in [6.07, 6.45) is 6.93. The van der Waals surface area contributed by atoms with Gasteiger partial charge in [-0.3, -0.25) is 0 Å². The number of aliphatic hydroxyl groups excluding tert-OH is 2. The number of rotatable bonds is 22. The monoisotopic (exact) mass is 514 g/mol. The number of carbonyl (C=O) groups is 1. The highest BCUT2D eigenvalue weighted by Crippen LogP contribution is 2.30. The molecule has 1 aromatic rings. The highest BCUT2D eigenvalue weighted by atomic mass is 16.7. The van der Waals surface area contributed by atoms with Crippen molar-refractivity contribution in [3.05, 3.63) is 29.3 Å². The molecule has 206 valence electrons. The fourth-order valence-corrected chi connectivity index (χ4v) is 3.26. The van der Waals surface area contributed by atoms with Crippen LogP contribution < -0.4 is 9.47 Å². The molecule has 0 bridgehead atoms. The van der Waals surface area contributed by atoms with Gasteiger partial charge < -0.3 is 43.7 Å². The van der Waals surface area contributed by atoms with Crippen LogP contribution in [-0.4, -0.2) is 87.7 Å². The van der Waals surface area contributed by atoms with E-state index in [1.807, 2.05) is 6.08 Å². The molecule has 0 spiro atoms. The zero-order chi connectivity index (χ0) is 26.6. The molecule has 10 nitrogen and oxygen atoms in total. The lowest BCUT2D eigenvalue weighted by molar-refractivity contribution is -0.0119.